The van der Waals surface area contributed by atoms with Gasteiger partial charge in [0.1, 0.15) is 11.5 Å². The number of hydrogen-bond donors (Lipinski definition) is 0. The fourth-order valence-electron chi connectivity index (χ4n) is 1.52. The molecule has 0 saturated heterocycles. The molecule has 0 atom stereocenters. The number of rotatable bonds is 4. The van der Waals surface area contributed by atoms with Crippen molar-refractivity contribution in [2.75, 3.05) is 19.0 Å². The van der Waals surface area contributed by atoms with Crippen molar-refractivity contribution in [3.63, 3.8) is 0 Å². The molecule has 0 aromatic carbocycles. The molecule has 0 radical (unpaired) electrons. The van der Waals surface area contributed by atoms with Crippen molar-refractivity contribution in [3.8, 4) is 0 Å². The van der Waals surface area contributed by atoms with Gasteiger partial charge in [0, 0.05) is 19.0 Å². The smallest absolute Gasteiger partial charge is 0.257 e. The van der Waals surface area contributed by atoms with Gasteiger partial charge in [-0.25, -0.2) is 0 Å². The third-order valence-corrected chi connectivity index (χ3v) is 2.46. The van der Waals surface area contributed by atoms with Crippen molar-refractivity contribution in [2.24, 2.45) is 0 Å². The molecule has 1 aromatic rings. The average Bonchev–Trinajstić information content (AvgIpc) is 2.53. The lowest BCUT2D eigenvalue weighted by Crippen LogP contribution is -2.32. The molecule has 0 fully saturated rings. The summed E-state index contributed by atoms with van der Waals surface area (Å²) in [6, 6.07) is 1.77. The molecule has 4 heteroatoms. The largest absolute Gasteiger partial charge is 0.466 e. The van der Waals surface area contributed by atoms with Gasteiger partial charge >= 0.3 is 0 Å². The molecule has 15 heavy (non-hydrogen) atoms. The molecule has 3 nitrogen and oxygen atoms in total. The van der Waals surface area contributed by atoms with Gasteiger partial charge in [0.15, 0.2) is 0 Å². The molecule has 0 bridgehead atoms. The summed E-state index contributed by atoms with van der Waals surface area (Å²) in [4.78, 5) is 13.7. The van der Waals surface area contributed by atoms with Gasteiger partial charge in [0.05, 0.1) is 5.56 Å². The zero-order valence-electron chi connectivity index (χ0n) is 9.34. The molecule has 0 spiro atoms. The van der Waals surface area contributed by atoms with Gasteiger partial charge in [-0.05, 0) is 26.8 Å². The van der Waals surface area contributed by atoms with E-state index in [0.717, 1.165) is 5.76 Å². The van der Waals surface area contributed by atoms with Crippen LogP contribution in [0.3, 0.4) is 0 Å². The number of halogens is 1. The fourth-order valence-corrected chi connectivity index (χ4v) is 1.72. The summed E-state index contributed by atoms with van der Waals surface area (Å²) in [5.41, 5.74) is 0.638. The van der Waals surface area contributed by atoms with Gasteiger partial charge in [-0.15, -0.1) is 11.6 Å². The van der Waals surface area contributed by atoms with E-state index in [1.54, 1.807) is 17.9 Å². The number of alkyl halides is 1. The normalized spacial score (nSPS) is 10.4. The van der Waals surface area contributed by atoms with Crippen molar-refractivity contribution in [1.29, 1.82) is 0 Å². The van der Waals surface area contributed by atoms with E-state index in [1.807, 2.05) is 13.8 Å². The first-order chi connectivity index (χ1) is 7.10. The fraction of sp³-hybridized carbons (Fsp3) is 0.545. The number of aryl methyl sites for hydroxylation is 2. The van der Waals surface area contributed by atoms with E-state index >= 15 is 0 Å². The van der Waals surface area contributed by atoms with E-state index in [-0.39, 0.29) is 5.91 Å². The van der Waals surface area contributed by atoms with Crippen LogP contribution >= 0.6 is 11.6 Å². The zero-order chi connectivity index (χ0) is 11.4. The summed E-state index contributed by atoms with van der Waals surface area (Å²) >= 11 is 5.63. The first-order valence-electron chi connectivity index (χ1n) is 5.02. The maximum Gasteiger partial charge on any atom is 0.257 e. The Hall–Kier alpha value is -0.960. The summed E-state index contributed by atoms with van der Waals surface area (Å²) in [7, 11) is 0. The van der Waals surface area contributed by atoms with E-state index in [0.29, 0.717) is 30.3 Å². The Kier molecular flexibility index (Phi) is 4.21. The van der Waals surface area contributed by atoms with E-state index in [4.69, 9.17) is 16.0 Å². The first kappa shape index (κ1) is 12.1. The Labute approximate surface area is 95.0 Å². The van der Waals surface area contributed by atoms with Crippen LogP contribution in [0.5, 0.6) is 0 Å². The third-order valence-electron chi connectivity index (χ3n) is 2.29. The Morgan fingerprint density at radius 3 is 2.60 bits per heavy atom. The molecule has 1 rings (SSSR count). The van der Waals surface area contributed by atoms with Crippen molar-refractivity contribution in [3.05, 3.63) is 23.2 Å². The summed E-state index contributed by atoms with van der Waals surface area (Å²) in [6.45, 7) is 6.80. The van der Waals surface area contributed by atoms with Crippen LogP contribution in [0.15, 0.2) is 10.5 Å². The van der Waals surface area contributed by atoms with Crippen molar-refractivity contribution >= 4 is 17.5 Å². The minimum absolute atomic E-state index is 0.00694. The number of hydrogen-bond acceptors (Lipinski definition) is 2. The van der Waals surface area contributed by atoms with Gasteiger partial charge in [-0.3, -0.25) is 4.79 Å². The van der Waals surface area contributed by atoms with Crippen molar-refractivity contribution < 1.29 is 9.21 Å². The number of nitrogens with zero attached hydrogens (tertiary/aromatic N) is 1. The van der Waals surface area contributed by atoms with Crippen LogP contribution < -0.4 is 0 Å². The lowest BCUT2D eigenvalue weighted by atomic mass is 10.2. The number of carbonyl (C=O) groups is 1. The highest BCUT2D eigenvalue weighted by molar-refractivity contribution is 6.18. The molecule has 0 N–H and O–H groups in total. The zero-order valence-corrected chi connectivity index (χ0v) is 10.1. The van der Waals surface area contributed by atoms with Crippen LogP contribution in [0.2, 0.25) is 0 Å². The van der Waals surface area contributed by atoms with Gasteiger partial charge in [0.25, 0.3) is 5.91 Å². The molecular formula is C11H16ClNO2. The van der Waals surface area contributed by atoms with Crippen molar-refractivity contribution in [1.82, 2.24) is 4.90 Å². The maximum atomic E-state index is 12.0. The number of amides is 1. The molecule has 0 unspecified atom stereocenters. The first-order valence-corrected chi connectivity index (χ1v) is 5.55. The highest BCUT2D eigenvalue weighted by Gasteiger charge is 2.18. The predicted molar refractivity (Wildman–Crippen MR) is 60.5 cm³/mol. The quantitative estimate of drug-likeness (QED) is 0.744. The molecule has 0 aliphatic carbocycles. The Bertz CT molecular complexity index is 346. The number of carbonyl (C=O) groups excluding carboxylic acids is 1. The lowest BCUT2D eigenvalue weighted by molar-refractivity contribution is 0.0772. The third kappa shape index (κ3) is 2.75. The van der Waals surface area contributed by atoms with Gasteiger partial charge in [-0.2, -0.15) is 0 Å². The van der Waals surface area contributed by atoms with Crippen molar-refractivity contribution in [2.45, 2.75) is 20.8 Å². The van der Waals surface area contributed by atoms with Crippen LogP contribution in [0.4, 0.5) is 0 Å². The second-order valence-electron chi connectivity index (χ2n) is 3.40. The second-order valence-corrected chi connectivity index (χ2v) is 3.78. The highest BCUT2D eigenvalue weighted by atomic mass is 35.5. The standard InChI is InChI=1S/C11H16ClNO2/c1-4-13(6-5-12)11(14)10-7-8(2)15-9(10)3/h7H,4-6H2,1-3H3. The van der Waals surface area contributed by atoms with E-state index < -0.39 is 0 Å². The Balaban J connectivity index is 2.87. The van der Waals surface area contributed by atoms with E-state index in [9.17, 15) is 4.79 Å². The van der Waals surface area contributed by atoms with E-state index in [2.05, 4.69) is 0 Å². The molecule has 84 valence electrons. The van der Waals surface area contributed by atoms with Crippen LogP contribution in [0.1, 0.15) is 28.8 Å². The van der Waals surface area contributed by atoms with Crippen LogP contribution in [0.25, 0.3) is 0 Å². The SMILES string of the molecule is CCN(CCCl)C(=O)c1cc(C)oc1C. The molecule has 1 heterocycles. The minimum atomic E-state index is -0.00694. The Morgan fingerprint density at radius 1 is 1.53 bits per heavy atom. The average molecular weight is 230 g/mol. The van der Waals surface area contributed by atoms with Crippen LogP contribution in [-0.2, 0) is 0 Å². The highest BCUT2D eigenvalue weighted by Crippen LogP contribution is 2.15. The summed E-state index contributed by atoms with van der Waals surface area (Å²) in [6.07, 6.45) is 0. The Morgan fingerprint density at radius 2 is 2.20 bits per heavy atom. The van der Waals surface area contributed by atoms with Gasteiger partial charge in [0.2, 0.25) is 0 Å². The topological polar surface area (TPSA) is 33.5 Å². The molecule has 0 aliphatic rings. The van der Waals surface area contributed by atoms with Crippen LogP contribution in [0, 0.1) is 13.8 Å². The van der Waals surface area contributed by atoms with Gasteiger partial charge in [-0.1, -0.05) is 0 Å². The van der Waals surface area contributed by atoms with E-state index in [1.165, 1.54) is 0 Å². The minimum Gasteiger partial charge on any atom is -0.466 e. The molecule has 1 aromatic heterocycles. The summed E-state index contributed by atoms with van der Waals surface area (Å²) in [5.74, 6) is 1.88. The molecule has 1 amide bonds. The molecule has 0 aliphatic heterocycles. The van der Waals surface area contributed by atoms with Gasteiger partial charge < -0.3 is 9.32 Å². The number of furan rings is 1. The summed E-state index contributed by atoms with van der Waals surface area (Å²) in [5, 5.41) is 0. The maximum absolute atomic E-state index is 12.0. The predicted octanol–water partition coefficient (Wildman–Crippen LogP) is 2.60. The molecular weight excluding hydrogens is 214 g/mol. The van der Waals surface area contributed by atoms with Crippen LogP contribution in [-0.4, -0.2) is 29.8 Å². The second kappa shape index (κ2) is 5.21. The summed E-state index contributed by atoms with van der Waals surface area (Å²) < 4.78 is 5.33. The lowest BCUT2D eigenvalue weighted by Gasteiger charge is -2.18. The molecule has 0 saturated carbocycles. The monoisotopic (exact) mass is 229 g/mol.